The van der Waals surface area contributed by atoms with Crippen LogP contribution in [0, 0.1) is 0 Å². The Hall–Kier alpha value is -2.71. The summed E-state index contributed by atoms with van der Waals surface area (Å²) >= 11 is 1.58. The third kappa shape index (κ3) is 3.53. The van der Waals surface area contributed by atoms with Gasteiger partial charge in [0.1, 0.15) is 17.0 Å². The number of fused-ring (bicyclic) bond motifs is 3. The molecule has 0 saturated heterocycles. The van der Waals surface area contributed by atoms with Gasteiger partial charge in [-0.2, -0.15) is 0 Å². The number of thiophene rings is 1. The molecule has 2 N–H and O–H groups in total. The molecule has 8 heteroatoms. The summed E-state index contributed by atoms with van der Waals surface area (Å²) in [5.74, 6) is 0.718. The molecule has 146 valence electrons. The van der Waals surface area contributed by atoms with Crippen LogP contribution >= 0.6 is 11.3 Å². The molecule has 0 bridgehead atoms. The number of aliphatic hydroxyl groups excluding tert-OH is 1. The molecule has 0 fully saturated rings. The molecule has 1 aliphatic heterocycles. The van der Waals surface area contributed by atoms with E-state index in [4.69, 9.17) is 4.74 Å². The zero-order chi connectivity index (χ0) is 19.5. The van der Waals surface area contributed by atoms with Gasteiger partial charge in [-0.15, -0.1) is 11.3 Å². The summed E-state index contributed by atoms with van der Waals surface area (Å²) < 4.78 is 5.13. The topological polar surface area (TPSA) is 87.6 Å². The van der Waals surface area contributed by atoms with Crippen LogP contribution in [0.1, 0.15) is 29.0 Å². The maximum atomic E-state index is 12.1. The highest BCUT2D eigenvalue weighted by atomic mass is 32.1. The van der Waals surface area contributed by atoms with Gasteiger partial charge < -0.3 is 20.1 Å². The molecule has 28 heavy (non-hydrogen) atoms. The van der Waals surface area contributed by atoms with Gasteiger partial charge in [-0.25, -0.2) is 14.8 Å². The van der Waals surface area contributed by atoms with Gasteiger partial charge in [-0.1, -0.05) is 30.3 Å². The minimum atomic E-state index is -0.278. The molecule has 3 aromatic rings. The van der Waals surface area contributed by atoms with Gasteiger partial charge in [-0.3, -0.25) is 0 Å². The van der Waals surface area contributed by atoms with Crippen molar-refractivity contribution in [1.29, 1.82) is 0 Å². The van der Waals surface area contributed by atoms with E-state index in [0.29, 0.717) is 19.7 Å². The highest BCUT2D eigenvalue weighted by molar-refractivity contribution is 7.19. The van der Waals surface area contributed by atoms with Crippen LogP contribution in [-0.4, -0.2) is 45.8 Å². The molecule has 0 spiro atoms. The number of aliphatic hydroxyl groups is 1. The molecule has 2 aromatic heterocycles. The van der Waals surface area contributed by atoms with Crippen LogP contribution < -0.4 is 5.32 Å². The zero-order valence-corrected chi connectivity index (χ0v) is 16.4. The summed E-state index contributed by atoms with van der Waals surface area (Å²) in [7, 11) is 0. The molecule has 1 amide bonds. The molecule has 3 heterocycles. The molecule has 1 aliphatic rings. The predicted molar refractivity (Wildman–Crippen MR) is 108 cm³/mol. The first-order chi connectivity index (χ1) is 13.7. The zero-order valence-electron chi connectivity index (χ0n) is 15.6. The summed E-state index contributed by atoms with van der Waals surface area (Å²) in [6.07, 6.45) is 1.99. The van der Waals surface area contributed by atoms with Crippen LogP contribution in [0.3, 0.4) is 0 Å². The summed E-state index contributed by atoms with van der Waals surface area (Å²) in [4.78, 5) is 24.7. The lowest BCUT2D eigenvalue weighted by Crippen LogP contribution is -2.35. The van der Waals surface area contributed by atoms with Crippen molar-refractivity contribution in [2.45, 2.75) is 25.9 Å². The van der Waals surface area contributed by atoms with E-state index in [1.165, 1.54) is 11.9 Å². The van der Waals surface area contributed by atoms with E-state index in [1.807, 2.05) is 37.3 Å². The van der Waals surface area contributed by atoms with Gasteiger partial charge >= 0.3 is 6.09 Å². The van der Waals surface area contributed by atoms with E-state index >= 15 is 0 Å². The second-order valence-electron chi connectivity index (χ2n) is 6.57. The lowest BCUT2D eigenvalue weighted by Gasteiger charge is -2.26. The Bertz CT molecular complexity index is 976. The minimum Gasteiger partial charge on any atom is -0.450 e. The van der Waals surface area contributed by atoms with Crippen molar-refractivity contribution in [2.75, 3.05) is 25.1 Å². The first-order valence-electron chi connectivity index (χ1n) is 9.30. The van der Waals surface area contributed by atoms with E-state index in [1.54, 1.807) is 16.2 Å². The first kappa shape index (κ1) is 18.6. The third-order valence-electron chi connectivity index (χ3n) is 4.86. The van der Waals surface area contributed by atoms with Crippen LogP contribution in [0.5, 0.6) is 0 Å². The van der Waals surface area contributed by atoms with Crippen molar-refractivity contribution in [2.24, 2.45) is 0 Å². The molecule has 0 radical (unpaired) electrons. The van der Waals surface area contributed by atoms with E-state index in [0.717, 1.165) is 32.9 Å². The summed E-state index contributed by atoms with van der Waals surface area (Å²) in [6.45, 7) is 3.27. The predicted octanol–water partition coefficient (Wildman–Crippen LogP) is 3.35. The fourth-order valence-corrected chi connectivity index (χ4v) is 4.70. The fraction of sp³-hybridized carbons (Fsp3) is 0.350. The quantitative estimate of drug-likeness (QED) is 0.685. The maximum Gasteiger partial charge on any atom is 0.410 e. The van der Waals surface area contributed by atoms with Gasteiger partial charge in [-0.05, 0) is 24.5 Å². The summed E-state index contributed by atoms with van der Waals surface area (Å²) in [5, 5.41) is 14.3. The number of nitrogens with one attached hydrogen (secondary N) is 1. The minimum absolute atomic E-state index is 0.0432. The van der Waals surface area contributed by atoms with Crippen molar-refractivity contribution in [3.05, 3.63) is 52.7 Å². The molecule has 4 rings (SSSR count). The second kappa shape index (κ2) is 8.12. The van der Waals surface area contributed by atoms with Gasteiger partial charge in [0.15, 0.2) is 0 Å². The Balaban J connectivity index is 1.65. The third-order valence-corrected chi connectivity index (χ3v) is 5.98. The SMILES string of the molecule is CCOC(=O)N1CCc2c(sc3ncnc(NC(CO)c4ccccc4)c23)C1. The molecular formula is C20H22N4O3S. The van der Waals surface area contributed by atoms with Crippen LogP contribution in [-0.2, 0) is 17.7 Å². The molecule has 0 saturated carbocycles. The standard InChI is InChI=1S/C20H22N4O3S/c1-2-27-20(26)24-9-8-14-16(10-24)28-19-17(14)18(21-12-22-19)23-15(11-25)13-6-4-3-5-7-13/h3-7,12,15,25H,2,8-11H2,1H3,(H,21,22,23). The highest BCUT2D eigenvalue weighted by Crippen LogP contribution is 2.38. The number of benzene rings is 1. The molecule has 1 aromatic carbocycles. The van der Waals surface area contributed by atoms with E-state index in [9.17, 15) is 9.90 Å². The van der Waals surface area contributed by atoms with E-state index < -0.39 is 0 Å². The van der Waals surface area contributed by atoms with Gasteiger partial charge in [0, 0.05) is 11.4 Å². The van der Waals surface area contributed by atoms with Gasteiger partial charge in [0.25, 0.3) is 0 Å². The Morgan fingerprint density at radius 1 is 1.36 bits per heavy atom. The van der Waals surface area contributed by atoms with Crippen LogP contribution in [0.25, 0.3) is 10.2 Å². The number of nitrogens with zero attached hydrogens (tertiary/aromatic N) is 3. The smallest absolute Gasteiger partial charge is 0.410 e. The Morgan fingerprint density at radius 2 is 2.18 bits per heavy atom. The van der Waals surface area contributed by atoms with E-state index in [-0.39, 0.29) is 18.7 Å². The number of rotatable bonds is 5. The largest absolute Gasteiger partial charge is 0.450 e. The fourth-order valence-electron chi connectivity index (χ4n) is 3.49. The van der Waals surface area contributed by atoms with E-state index in [2.05, 4.69) is 15.3 Å². The maximum absolute atomic E-state index is 12.1. The molecular weight excluding hydrogens is 376 g/mol. The average Bonchev–Trinajstić information content (AvgIpc) is 3.11. The second-order valence-corrected chi connectivity index (χ2v) is 7.65. The van der Waals surface area contributed by atoms with Crippen LogP contribution in [0.15, 0.2) is 36.7 Å². The summed E-state index contributed by atoms with van der Waals surface area (Å²) in [5.41, 5.74) is 2.17. The first-order valence-corrected chi connectivity index (χ1v) is 10.1. The average molecular weight is 398 g/mol. The highest BCUT2D eigenvalue weighted by Gasteiger charge is 2.27. The van der Waals surface area contributed by atoms with Gasteiger partial charge in [0.2, 0.25) is 0 Å². The number of carbonyl (C=O) groups excluding carboxylic acids is 1. The van der Waals surface area contributed by atoms with Crippen molar-refractivity contribution < 1.29 is 14.6 Å². The monoisotopic (exact) mass is 398 g/mol. The van der Waals surface area contributed by atoms with Crippen LogP contribution in [0.4, 0.5) is 10.6 Å². The number of ether oxygens (including phenoxy) is 1. The Labute approximate surface area is 167 Å². The molecule has 7 nitrogen and oxygen atoms in total. The molecule has 1 unspecified atom stereocenters. The lowest BCUT2D eigenvalue weighted by atomic mass is 10.0. The summed E-state index contributed by atoms with van der Waals surface area (Å²) in [6, 6.07) is 9.55. The molecule has 1 atom stereocenters. The van der Waals surface area contributed by atoms with Crippen molar-refractivity contribution in [3.63, 3.8) is 0 Å². The number of hydrogen-bond donors (Lipinski definition) is 2. The van der Waals surface area contributed by atoms with Crippen molar-refractivity contribution in [1.82, 2.24) is 14.9 Å². The normalized spacial score (nSPS) is 14.6. The number of anilines is 1. The lowest BCUT2D eigenvalue weighted by molar-refractivity contribution is 0.103. The van der Waals surface area contributed by atoms with Gasteiger partial charge in [0.05, 0.1) is 31.2 Å². The number of aromatic nitrogens is 2. The Kier molecular flexibility index (Phi) is 5.40. The van der Waals surface area contributed by atoms with Crippen molar-refractivity contribution in [3.8, 4) is 0 Å². The number of carbonyl (C=O) groups is 1. The molecule has 0 aliphatic carbocycles. The van der Waals surface area contributed by atoms with Crippen LogP contribution in [0.2, 0.25) is 0 Å². The Morgan fingerprint density at radius 3 is 2.93 bits per heavy atom. The number of hydrogen-bond acceptors (Lipinski definition) is 7. The number of amides is 1. The van der Waals surface area contributed by atoms with Crippen molar-refractivity contribution >= 4 is 33.5 Å².